The summed E-state index contributed by atoms with van der Waals surface area (Å²) in [5, 5.41) is 0.278. The summed E-state index contributed by atoms with van der Waals surface area (Å²) in [5.41, 5.74) is 0.423. The average Bonchev–Trinajstić information content (AvgIpc) is 2.53. The minimum Gasteiger partial charge on any atom is -0.228 e. The molecular weight excluding hydrogens is 516 g/mol. The topological polar surface area (TPSA) is 34.1 Å². The number of hydrogen-bond acceptors (Lipinski definition) is 2. The molecule has 0 radical (unpaired) electrons. The molecule has 0 unspecified atom stereocenters. The SMILES string of the molecule is O=S(=O)(Cc1cc(Cl)c(Cl)c(Cl)c1Cl)Cc1cc(Cl)c(Cl)c(Cl)c1Cl. The highest BCUT2D eigenvalue weighted by Gasteiger charge is 2.22. The van der Waals surface area contributed by atoms with Crippen molar-refractivity contribution in [2.45, 2.75) is 11.5 Å². The second-order valence-corrected chi connectivity index (χ2v) is 10.1. The van der Waals surface area contributed by atoms with E-state index in [1.807, 2.05) is 0 Å². The van der Waals surface area contributed by atoms with E-state index in [2.05, 4.69) is 0 Å². The molecule has 0 bridgehead atoms. The van der Waals surface area contributed by atoms with Gasteiger partial charge in [-0.1, -0.05) is 92.8 Å². The van der Waals surface area contributed by atoms with Crippen LogP contribution in [-0.4, -0.2) is 8.42 Å². The zero-order valence-corrected chi connectivity index (χ0v) is 18.7. The highest BCUT2D eigenvalue weighted by atomic mass is 35.5. The van der Waals surface area contributed by atoms with Gasteiger partial charge in [-0.2, -0.15) is 0 Å². The number of sulfone groups is 1. The van der Waals surface area contributed by atoms with Crippen molar-refractivity contribution in [3.63, 3.8) is 0 Å². The van der Waals surface area contributed by atoms with Gasteiger partial charge >= 0.3 is 0 Å². The molecule has 2 aromatic rings. The largest absolute Gasteiger partial charge is 0.228 e. The van der Waals surface area contributed by atoms with Gasteiger partial charge in [-0.25, -0.2) is 8.42 Å². The van der Waals surface area contributed by atoms with Crippen molar-refractivity contribution in [2.75, 3.05) is 0 Å². The van der Waals surface area contributed by atoms with E-state index in [9.17, 15) is 8.42 Å². The summed E-state index contributed by atoms with van der Waals surface area (Å²) < 4.78 is 25.1. The molecule has 0 spiro atoms. The van der Waals surface area contributed by atoms with Gasteiger partial charge in [0.2, 0.25) is 0 Å². The van der Waals surface area contributed by atoms with Crippen molar-refractivity contribution >= 4 is 103 Å². The molecular formula is C14H6Cl8O2S. The van der Waals surface area contributed by atoms with Crippen molar-refractivity contribution in [2.24, 2.45) is 0 Å². The van der Waals surface area contributed by atoms with E-state index in [0.717, 1.165) is 0 Å². The standard InChI is InChI=1S/C14H6Cl8O2S/c15-7-1-5(9(17)13(21)11(7)19)3-25(23,24)4-6-2-8(16)12(20)14(22)10(6)18/h1-2H,3-4H2. The maximum Gasteiger partial charge on any atom is 0.158 e. The Labute approximate surface area is 184 Å². The zero-order chi connectivity index (χ0) is 19.1. The summed E-state index contributed by atoms with van der Waals surface area (Å²) in [7, 11) is -3.72. The second-order valence-electron chi connectivity index (χ2n) is 4.95. The maximum atomic E-state index is 12.5. The molecule has 0 aliphatic heterocycles. The summed E-state index contributed by atoms with van der Waals surface area (Å²) in [5.74, 6) is -0.868. The first-order valence-corrected chi connectivity index (χ1v) is 11.1. The lowest BCUT2D eigenvalue weighted by Crippen LogP contribution is -2.09. The van der Waals surface area contributed by atoms with Crippen molar-refractivity contribution in [1.82, 2.24) is 0 Å². The third-order valence-electron chi connectivity index (χ3n) is 3.11. The van der Waals surface area contributed by atoms with Crippen LogP contribution in [0.1, 0.15) is 11.1 Å². The Hall–Kier alpha value is 0.710. The molecule has 0 amide bonds. The van der Waals surface area contributed by atoms with Crippen LogP contribution in [0.2, 0.25) is 40.2 Å². The molecule has 0 fully saturated rings. The highest BCUT2D eigenvalue weighted by Crippen LogP contribution is 2.41. The summed E-state index contributed by atoms with van der Waals surface area (Å²) in [6.45, 7) is 0. The number of hydrogen-bond donors (Lipinski definition) is 0. The van der Waals surface area contributed by atoms with Crippen LogP contribution in [-0.2, 0) is 21.3 Å². The minimum absolute atomic E-state index is 0.0120. The van der Waals surface area contributed by atoms with E-state index in [4.69, 9.17) is 92.8 Å². The van der Waals surface area contributed by atoms with Crippen LogP contribution >= 0.6 is 92.8 Å². The second kappa shape index (κ2) is 8.38. The Morgan fingerprint density at radius 3 is 1.20 bits per heavy atom. The number of benzene rings is 2. The van der Waals surface area contributed by atoms with Crippen LogP contribution in [0, 0.1) is 0 Å². The zero-order valence-electron chi connectivity index (χ0n) is 11.8. The van der Waals surface area contributed by atoms with Gasteiger partial charge < -0.3 is 0 Å². The lowest BCUT2D eigenvalue weighted by atomic mass is 10.2. The minimum atomic E-state index is -3.72. The molecule has 2 nitrogen and oxygen atoms in total. The summed E-state index contributed by atoms with van der Waals surface area (Å²) >= 11 is 47.6. The van der Waals surface area contributed by atoms with E-state index < -0.39 is 21.3 Å². The van der Waals surface area contributed by atoms with Crippen LogP contribution < -0.4 is 0 Å². The molecule has 136 valence electrons. The fourth-order valence-corrected chi connectivity index (χ4v) is 5.46. The Balaban J connectivity index is 2.40. The molecule has 0 heterocycles. The molecule has 2 aromatic carbocycles. The number of rotatable bonds is 4. The molecule has 2 rings (SSSR count). The normalized spacial score (nSPS) is 11.8. The van der Waals surface area contributed by atoms with Crippen LogP contribution in [0.3, 0.4) is 0 Å². The van der Waals surface area contributed by atoms with E-state index in [1.54, 1.807) is 0 Å². The van der Waals surface area contributed by atoms with Crippen LogP contribution in [0.15, 0.2) is 12.1 Å². The Morgan fingerprint density at radius 1 is 0.560 bits per heavy atom. The smallest absolute Gasteiger partial charge is 0.158 e. The van der Waals surface area contributed by atoms with Crippen LogP contribution in [0.4, 0.5) is 0 Å². The molecule has 0 saturated heterocycles. The molecule has 0 N–H and O–H groups in total. The van der Waals surface area contributed by atoms with E-state index in [-0.39, 0.29) is 51.3 Å². The van der Waals surface area contributed by atoms with Gasteiger partial charge in [0.25, 0.3) is 0 Å². The fraction of sp³-hybridized carbons (Fsp3) is 0.143. The van der Waals surface area contributed by atoms with Crippen LogP contribution in [0.25, 0.3) is 0 Å². The first-order chi connectivity index (χ1) is 11.4. The van der Waals surface area contributed by atoms with E-state index in [1.165, 1.54) is 12.1 Å². The third-order valence-corrected chi connectivity index (χ3v) is 8.19. The molecule has 0 aliphatic rings. The first kappa shape index (κ1) is 22.0. The summed E-state index contributed by atoms with van der Waals surface area (Å²) in [4.78, 5) is 0. The van der Waals surface area contributed by atoms with E-state index >= 15 is 0 Å². The average molecular weight is 522 g/mol. The van der Waals surface area contributed by atoms with E-state index in [0.29, 0.717) is 0 Å². The predicted octanol–water partition coefficient (Wildman–Crippen LogP) is 8.03. The summed E-state index contributed by atoms with van der Waals surface area (Å²) in [6, 6.07) is 2.69. The quantitative estimate of drug-likeness (QED) is 0.301. The molecule has 11 heteroatoms. The molecule has 0 saturated carbocycles. The Bertz CT molecular complexity index is 885. The summed E-state index contributed by atoms with van der Waals surface area (Å²) in [6.07, 6.45) is 0. The maximum absolute atomic E-state index is 12.5. The van der Waals surface area contributed by atoms with Gasteiger partial charge in [0.1, 0.15) is 0 Å². The van der Waals surface area contributed by atoms with Gasteiger partial charge in [-0.15, -0.1) is 0 Å². The Morgan fingerprint density at radius 2 is 0.880 bits per heavy atom. The van der Waals surface area contributed by atoms with Crippen LogP contribution in [0.5, 0.6) is 0 Å². The monoisotopic (exact) mass is 518 g/mol. The molecule has 0 aliphatic carbocycles. The van der Waals surface area contributed by atoms with Crippen molar-refractivity contribution in [3.8, 4) is 0 Å². The molecule has 0 atom stereocenters. The van der Waals surface area contributed by atoms with Gasteiger partial charge in [0, 0.05) is 0 Å². The Kier molecular flexibility index (Phi) is 7.38. The number of halogens is 8. The van der Waals surface area contributed by atoms with Gasteiger partial charge in [0.15, 0.2) is 9.84 Å². The highest BCUT2D eigenvalue weighted by molar-refractivity contribution is 7.89. The van der Waals surface area contributed by atoms with Gasteiger partial charge in [-0.3, -0.25) is 0 Å². The van der Waals surface area contributed by atoms with Gasteiger partial charge in [0.05, 0.1) is 51.7 Å². The lowest BCUT2D eigenvalue weighted by molar-refractivity contribution is 0.594. The molecule has 25 heavy (non-hydrogen) atoms. The predicted molar refractivity (Wildman–Crippen MR) is 109 cm³/mol. The van der Waals surface area contributed by atoms with Crippen molar-refractivity contribution in [3.05, 3.63) is 63.4 Å². The van der Waals surface area contributed by atoms with Crippen molar-refractivity contribution in [1.29, 1.82) is 0 Å². The lowest BCUT2D eigenvalue weighted by Gasteiger charge is -2.12. The molecule has 0 aromatic heterocycles. The van der Waals surface area contributed by atoms with Gasteiger partial charge in [-0.05, 0) is 23.3 Å². The first-order valence-electron chi connectivity index (χ1n) is 6.28. The van der Waals surface area contributed by atoms with Crippen molar-refractivity contribution < 1.29 is 8.42 Å². The fourth-order valence-electron chi connectivity index (χ4n) is 1.98. The third kappa shape index (κ3) is 4.96.